The minimum Gasteiger partial charge on any atom is -0.497 e. The molecule has 0 spiro atoms. The van der Waals surface area contributed by atoms with Crippen molar-refractivity contribution in [1.29, 1.82) is 0 Å². The predicted octanol–water partition coefficient (Wildman–Crippen LogP) is 3.37. The lowest BCUT2D eigenvalue weighted by molar-refractivity contribution is -0.118. The molecular formula is C23H28N4O4. The lowest BCUT2D eigenvalue weighted by atomic mass is 10.0. The Morgan fingerprint density at radius 1 is 0.903 bits per heavy atom. The molecule has 1 unspecified atom stereocenters. The Balaban J connectivity index is 1.57. The van der Waals surface area contributed by atoms with Gasteiger partial charge in [-0.05, 0) is 67.3 Å². The number of anilines is 2. The molecule has 1 aliphatic carbocycles. The van der Waals surface area contributed by atoms with Gasteiger partial charge in [-0.3, -0.25) is 9.59 Å². The van der Waals surface area contributed by atoms with Crippen molar-refractivity contribution in [3.8, 4) is 5.75 Å². The second kappa shape index (κ2) is 9.97. The fraction of sp³-hybridized carbons (Fsp3) is 0.348. The molecule has 4 N–H and O–H groups in total. The molecule has 2 aromatic rings. The molecule has 0 heterocycles. The Bertz CT molecular complexity index is 922. The predicted molar refractivity (Wildman–Crippen MR) is 119 cm³/mol. The molecule has 4 amide bonds. The number of carbonyl (C=O) groups is 3. The first-order valence-electron chi connectivity index (χ1n) is 10.3. The van der Waals surface area contributed by atoms with Crippen molar-refractivity contribution in [2.24, 2.45) is 5.92 Å². The van der Waals surface area contributed by atoms with Gasteiger partial charge in [-0.1, -0.05) is 13.8 Å². The molecule has 8 heteroatoms. The molecule has 1 aliphatic rings. The summed E-state index contributed by atoms with van der Waals surface area (Å²) in [6.07, 6.45) is 2.04. The van der Waals surface area contributed by atoms with E-state index in [9.17, 15) is 14.4 Å². The van der Waals surface area contributed by atoms with E-state index < -0.39 is 6.04 Å². The van der Waals surface area contributed by atoms with Crippen LogP contribution in [0.4, 0.5) is 16.2 Å². The van der Waals surface area contributed by atoms with Crippen LogP contribution in [-0.2, 0) is 4.79 Å². The summed E-state index contributed by atoms with van der Waals surface area (Å²) in [6.45, 7) is 3.73. The van der Waals surface area contributed by atoms with Gasteiger partial charge in [0.25, 0.3) is 5.91 Å². The number of methoxy groups -OCH3 is 1. The molecule has 0 aromatic heterocycles. The third-order valence-electron chi connectivity index (χ3n) is 4.91. The summed E-state index contributed by atoms with van der Waals surface area (Å²) in [4.78, 5) is 37.2. The summed E-state index contributed by atoms with van der Waals surface area (Å²) in [5.74, 6) is -0.117. The smallest absolute Gasteiger partial charge is 0.319 e. The van der Waals surface area contributed by atoms with Crippen LogP contribution in [0.15, 0.2) is 48.5 Å². The van der Waals surface area contributed by atoms with Crippen LogP contribution in [-0.4, -0.2) is 37.0 Å². The van der Waals surface area contributed by atoms with Crippen LogP contribution in [0, 0.1) is 5.92 Å². The monoisotopic (exact) mass is 424 g/mol. The maximum atomic E-state index is 12.8. The number of carbonyl (C=O) groups excluding carboxylic acids is 3. The Morgan fingerprint density at radius 3 is 2.00 bits per heavy atom. The van der Waals surface area contributed by atoms with Crippen LogP contribution in [0.5, 0.6) is 5.75 Å². The van der Waals surface area contributed by atoms with E-state index in [1.807, 2.05) is 13.8 Å². The van der Waals surface area contributed by atoms with E-state index in [0.717, 1.165) is 12.8 Å². The molecule has 1 fully saturated rings. The summed E-state index contributed by atoms with van der Waals surface area (Å²) in [5, 5.41) is 11.2. The molecule has 164 valence electrons. The highest BCUT2D eigenvalue weighted by Gasteiger charge is 2.25. The molecule has 3 rings (SSSR count). The average molecular weight is 425 g/mol. The zero-order chi connectivity index (χ0) is 22.4. The quantitative estimate of drug-likeness (QED) is 0.521. The molecular weight excluding hydrogens is 396 g/mol. The topological polar surface area (TPSA) is 109 Å². The molecule has 8 nitrogen and oxygen atoms in total. The van der Waals surface area contributed by atoms with Crippen molar-refractivity contribution < 1.29 is 19.1 Å². The van der Waals surface area contributed by atoms with E-state index in [1.165, 1.54) is 0 Å². The third kappa shape index (κ3) is 6.47. The van der Waals surface area contributed by atoms with Gasteiger partial charge in [0.1, 0.15) is 11.8 Å². The number of benzene rings is 2. The SMILES string of the molecule is COc1ccc(C(=O)NC(C(=O)Nc2ccc(NC(=O)NC3CC3)cc2)C(C)C)cc1. The van der Waals surface area contributed by atoms with Gasteiger partial charge >= 0.3 is 6.03 Å². The highest BCUT2D eigenvalue weighted by molar-refractivity contribution is 6.01. The van der Waals surface area contributed by atoms with Crippen molar-refractivity contribution in [2.75, 3.05) is 17.7 Å². The average Bonchev–Trinajstić information content (AvgIpc) is 3.56. The fourth-order valence-electron chi connectivity index (χ4n) is 2.94. The van der Waals surface area contributed by atoms with Crippen molar-refractivity contribution in [1.82, 2.24) is 10.6 Å². The molecule has 2 aromatic carbocycles. The number of urea groups is 1. The number of hydrogen-bond donors (Lipinski definition) is 4. The van der Waals surface area contributed by atoms with E-state index in [1.54, 1.807) is 55.6 Å². The summed E-state index contributed by atoms with van der Waals surface area (Å²) in [5.41, 5.74) is 1.64. The largest absolute Gasteiger partial charge is 0.497 e. The minimum absolute atomic E-state index is 0.116. The minimum atomic E-state index is -0.711. The summed E-state index contributed by atoms with van der Waals surface area (Å²) >= 11 is 0. The fourth-order valence-corrected chi connectivity index (χ4v) is 2.94. The highest BCUT2D eigenvalue weighted by Crippen LogP contribution is 2.19. The molecule has 31 heavy (non-hydrogen) atoms. The van der Waals surface area contributed by atoms with Crippen LogP contribution in [0.3, 0.4) is 0 Å². The van der Waals surface area contributed by atoms with Crippen LogP contribution in [0.2, 0.25) is 0 Å². The van der Waals surface area contributed by atoms with E-state index in [0.29, 0.717) is 22.7 Å². The van der Waals surface area contributed by atoms with Gasteiger partial charge in [0.05, 0.1) is 7.11 Å². The number of nitrogens with one attached hydrogen (secondary N) is 4. The first-order chi connectivity index (χ1) is 14.9. The van der Waals surface area contributed by atoms with Gasteiger partial charge in [0.15, 0.2) is 0 Å². The standard InChI is InChI=1S/C23H28N4O4/c1-14(2)20(27-21(28)15-4-12-19(31-3)13-5-15)22(29)24-16-6-8-17(9-7-16)25-23(30)26-18-10-11-18/h4-9,12-14,18,20H,10-11H2,1-3H3,(H,24,29)(H,27,28)(H2,25,26,30). The Morgan fingerprint density at radius 2 is 1.48 bits per heavy atom. The zero-order valence-corrected chi connectivity index (χ0v) is 17.9. The van der Waals surface area contributed by atoms with Crippen molar-refractivity contribution in [3.05, 3.63) is 54.1 Å². The lowest BCUT2D eigenvalue weighted by Gasteiger charge is -2.22. The Labute approximate surface area is 181 Å². The molecule has 0 radical (unpaired) electrons. The molecule has 0 aliphatic heterocycles. The van der Waals surface area contributed by atoms with E-state index in [2.05, 4.69) is 21.3 Å². The molecule has 1 atom stereocenters. The Kier molecular flexibility index (Phi) is 7.12. The van der Waals surface area contributed by atoms with Gasteiger partial charge in [-0.15, -0.1) is 0 Å². The van der Waals surface area contributed by atoms with Gasteiger partial charge in [0.2, 0.25) is 5.91 Å². The van der Waals surface area contributed by atoms with Crippen LogP contribution in [0.1, 0.15) is 37.0 Å². The van der Waals surface area contributed by atoms with Crippen LogP contribution >= 0.6 is 0 Å². The third-order valence-corrected chi connectivity index (χ3v) is 4.91. The molecule has 0 bridgehead atoms. The molecule has 0 saturated heterocycles. The normalized spacial score (nSPS) is 13.8. The molecule has 1 saturated carbocycles. The first kappa shape index (κ1) is 22.1. The maximum Gasteiger partial charge on any atom is 0.319 e. The van der Waals surface area contributed by atoms with Gasteiger partial charge in [-0.2, -0.15) is 0 Å². The lowest BCUT2D eigenvalue weighted by Crippen LogP contribution is -2.47. The van der Waals surface area contributed by atoms with E-state index in [-0.39, 0.29) is 29.8 Å². The number of hydrogen-bond acceptors (Lipinski definition) is 4. The maximum absolute atomic E-state index is 12.8. The zero-order valence-electron chi connectivity index (χ0n) is 17.9. The van der Waals surface area contributed by atoms with Crippen LogP contribution < -0.4 is 26.0 Å². The summed E-state index contributed by atoms with van der Waals surface area (Å²) in [6, 6.07) is 12.8. The van der Waals surface area contributed by atoms with Crippen molar-refractivity contribution in [3.63, 3.8) is 0 Å². The number of amides is 4. The van der Waals surface area contributed by atoms with Gasteiger partial charge in [0, 0.05) is 23.0 Å². The second-order valence-electron chi connectivity index (χ2n) is 7.86. The van der Waals surface area contributed by atoms with Crippen molar-refractivity contribution >= 4 is 29.2 Å². The Hall–Kier alpha value is -3.55. The van der Waals surface area contributed by atoms with E-state index >= 15 is 0 Å². The number of ether oxygens (including phenoxy) is 1. The van der Waals surface area contributed by atoms with Crippen LogP contribution in [0.25, 0.3) is 0 Å². The van der Waals surface area contributed by atoms with Crippen molar-refractivity contribution in [2.45, 2.75) is 38.8 Å². The number of rotatable bonds is 8. The summed E-state index contributed by atoms with van der Waals surface area (Å²) < 4.78 is 5.10. The van der Waals surface area contributed by atoms with Gasteiger partial charge in [-0.25, -0.2) is 4.79 Å². The van der Waals surface area contributed by atoms with Gasteiger partial charge < -0.3 is 26.0 Å². The second-order valence-corrected chi connectivity index (χ2v) is 7.86. The summed E-state index contributed by atoms with van der Waals surface area (Å²) in [7, 11) is 1.56. The first-order valence-corrected chi connectivity index (χ1v) is 10.3. The highest BCUT2D eigenvalue weighted by atomic mass is 16.5. The van der Waals surface area contributed by atoms with E-state index in [4.69, 9.17) is 4.74 Å².